The van der Waals surface area contributed by atoms with Crippen molar-refractivity contribution in [3.05, 3.63) is 59.6 Å². The maximum atomic E-state index is 13.0. The zero-order valence-electron chi connectivity index (χ0n) is 11.1. The molecule has 0 saturated carbocycles. The van der Waals surface area contributed by atoms with E-state index in [1.165, 1.54) is 12.1 Å². The summed E-state index contributed by atoms with van der Waals surface area (Å²) in [5.41, 5.74) is 1.80. The molecule has 102 valence electrons. The monoisotopic (exact) mass is 288 g/mol. The standard InChI is InChI=1S/C16H13FO2S/c1-10-3-8-15-14(9-10)16(11(2)19-15)20(18)13-6-4-12(17)5-7-13/h3-9H,1-2H3/t20-/m0/s1. The van der Waals surface area contributed by atoms with Crippen LogP contribution in [0, 0.1) is 19.7 Å². The van der Waals surface area contributed by atoms with Gasteiger partial charge in [-0.25, -0.2) is 8.60 Å². The Morgan fingerprint density at radius 3 is 2.45 bits per heavy atom. The summed E-state index contributed by atoms with van der Waals surface area (Å²) in [4.78, 5) is 1.23. The Bertz CT molecular complexity index is 803. The van der Waals surface area contributed by atoms with Crippen LogP contribution in [0.5, 0.6) is 0 Å². The molecule has 20 heavy (non-hydrogen) atoms. The highest BCUT2D eigenvalue weighted by molar-refractivity contribution is 7.85. The van der Waals surface area contributed by atoms with Crippen LogP contribution in [-0.2, 0) is 10.8 Å². The topological polar surface area (TPSA) is 30.2 Å². The van der Waals surface area contributed by atoms with Gasteiger partial charge >= 0.3 is 0 Å². The van der Waals surface area contributed by atoms with Gasteiger partial charge in [-0.2, -0.15) is 0 Å². The molecule has 0 unspecified atom stereocenters. The van der Waals surface area contributed by atoms with Crippen LogP contribution in [0.3, 0.4) is 0 Å². The van der Waals surface area contributed by atoms with Crippen LogP contribution in [0.2, 0.25) is 0 Å². The van der Waals surface area contributed by atoms with Crippen molar-refractivity contribution in [2.75, 3.05) is 0 Å². The molecular weight excluding hydrogens is 275 g/mol. The lowest BCUT2D eigenvalue weighted by Crippen LogP contribution is -1.94. The summed E-state index contributed by atoms with van der Waals surface area (Å²) < 4.78 is 31.3. The van der Waals surface area contributed by atoms with Gasteiger partial charge in [-0.1, -0.05) is 11.6 Å². The van der Waals surface area contributed by atoms with Crippen LogP contribution < -0.4 is 0 Å². The van der Waals surface area contributed by atoms with E-state index in [0.717, 1.165) is 16.5 Å². The minimum absolute atomic E-state index is 0.338. The first-order valence-electron chi connectivity index (χ1n) is 6.23. The highest BCUT2D eigenvalue weighted by atomic mass is 32.2. The van der Waals surface area contributed by atoms with Crippen molar-refractivity contribution >= 4 is 21.8 Å². The normalized spacial score (nSPS) is 12.8. The molecule has 2 aromatic carbocycles. The lowest BCUT2D eigenvalue weighted by Gasteiger charge is -2.02. The molecule has 0 bridgehead atoms. The quantitative estimate of drug-likeness (QED) is 0.701. The molecule has 1 aromatic heterocycles. The smallest absolute Gasteiger partial charge is 0.135 e. The maximum Gasteiger partial charge on any atom is 0.135 e. The number of rotatable bonds is 2. The van der Waals surface area contributed by atoms with Gasteiger partial charge in [-0.15, -0.1) is 0 Å². The molecule has 1 heterocycles. The molecule has 0 spiro atoms. The van der Waals surface area contributed by atoms with Crippen LogP contribution in [0.1, 0.15) is 11.3 Å². The van der Waals surface area contributed by atoms with Crippen molar-refractivity contribution in [1.82, 2.24) is 0 Å². The number of halogens is 1. The van der Waals surface area contributed by atoms with E-state index >= 15 is 0 Å². The number of furan rings is 1. The highest BCUT2D eigenvalue weighted by Gasteiger charge is 2.18. The first kappa shape index (κ1) is 13.1. The Morgan fingerprint density at radius 2 is 1.75 bits per heavy atom. The largest absolute Gasteiger partial charge is 0.460 e. The minimum atomic E-state index is -1.38. The van der Waals surface area contributed by atoms with E-state index in [2.05, 4.69) is 0 Å². The van der Waals surface area contributed by atoms with E-state index in [1.54, 1.807) is 19.1 Å². The SMILES string of the molecule is Cc1ccc2oc(C)c([S@@](=O)c3ccc(F)cc3)c2c1. The van der Waals surface area contributed by atoms with Gasteiger partial charge < -0.3 is 4.42 Å². The van der Waals surface area contributed by atoms with Crippen LogP contribution in [0.25, 0.3) is 11.0 Å². The van der Waals surface area contributed by atoms with Crippen molar-refractivity contribution in [3.63, 3.8) is 0 Å². The second-order valence-electron chi connectivity index (χ2n) is 4.71. The number of hydrogen-bond donors (Lipinski definition) is 0. The molecule has 4 heteroatoms. The molecule has 0 aliphatic rings. The Kier molecular flexibility index (Phi) is 3.18. The Hall–Kier alpha value is -1.94. The number of hydrogen-bond acceptors (Lipinski definition) is 2. The predicted octanol–water partition coefficient (Wildman–Crippen LogP) is 4.36. The summed E-state index contributed by atoms with van der Waals surface area (Å²) in [5, 5.41) is 0.852. The van der Waals surface area contributed by atoms with E-state index in [1.807, 2.05) is 25.1 Å². The van der Waals surface area contributed by atoms with Gasteiger partial charge in [-0.3, -0.25) is 0 Å². The van der Waals surface area contributed by atoms with E-state index < -0.39 is 10.8 Å². The van der Waals surface area contributed by atoms with E-state index in [0.29, 0.717) is 15.6 Å². The van der Waals surface area contributed by atoms with Gasteiger partial charge in [-0.05, 0) is 50.2 Å². The lowest BCUT2D eigenvalue weighted by molar-refractivity contribution is 0.566. The van der Waals surface area contributed by atoms with E-state index in [9.17, 15) is 8.60 Å². The summed E-state index contributed by atoms with van der Waals surface area (Å²) in [6.07, 6.45) is 0. The molecule has 0 radical (unpaired) electrons. The molecule has 0 aliphatic carbocycles. The van der Waals surface area contributed by atoms with Gasteiger partial charge in [0.25, 0.3) is 0 Å². The van der Waals surface area contributed by atoms with Gasteiger partial charge in [0.1, 0.15) is 17.2 Å². The van der Waals surface area contributed by atoms with Crippen LogP contribution in [0.4, 0.5) is 4.39 Å². The fourth-order valence-corrected chi connectivity index (χ4v) is 3.50. The molecule has 0 N–H and O–H groups in total. The molecule has 1 atom stereocenters. The lowest BCUT2D eigenvalue weighted by atomic mass is 10.2. The van der Waals surface area contributed by atoms with Crippen LogP contribution in [0.15, 0.2) is 56.7 Å². The zero-order valence-corrected chi connectivity index (χ0v) is 12.0. The average Bonchev–Trinajstić information content (AvgIpc) is 2.74. The molecule has 0 saturated heterocycles. The first-order chi connectivity index (χ1) is 9.56. The third-order valence-corrected chi connectivity index (χ3v) is 4.75. The number of benzene rings is 2. The number of aryl methyl sites for hydroxylation is 2. The van der Waals surface area contributed by atoms with E-state index in [-0.39, 0.29) is 5.82 Å². The summed E-state index contributed by atoms with van der Waals surface area (Å²) in [5.74, 6) is 0.295. The number of fused-ring (bicyclic) bond motifs is 1. The Balaban J connectivity index is 2.18. The molecule has 3 rings (SSSR count). The Labute approximate surface area is 118 Å². The molecular formula is C16H13FO2S. The van der Waals surface area contributed by atoms with Gasteiger partial charge in [0.2, 0.25) is 0 Å². The average molecular weight is 288 g/mol. The van der Waals surface area contributed by atoms with Crippen LogP contribution >= 0.6 is 0 Å². The van der Waals surface area contributed by atoms with Crippen LogP contribution in [-0.4, -0.2) is 4.21 Å². The summed E-state index contributed by atoms with van der Waals surface area (Å²) in [7, 11) is -1.38. The summed E-state index contributed by atoms with van der Waals surface area (Å²) in [6, 6.07) is 11.5. The molecule has 2 nitrogen and oxygen atoms in total. The van der Waals surface area contributed by atoms with Crippen molar-refractivity contribution in [2.24, 2.45) is 0 Å². The summed E-state index contributed by atoms with van der Waals surface area (Å²) in [6.45, 7) is 3.78. The van der Waals surface area contributed by atoms with Crippen molar-refractivity contribution in [2.45, 2.75) is 23.6 Å². The third-order valence-electron chi connectivity index (χ3n) is 3.18. The van der Waals surface area contributed by atoms with Gasteiger partial charge in [0, 0.05) is 10.3 Å². The fraction of sp³-hybridized carbons (Fsp3) is 0.125. The molecule has 3 aromatic rings. The fourth-order valence-electron chi connectivity index (χ4n) is 2.22. The zero-order chi connectivity index (χ0) is 14.3. The second kappa shape index (κ2) is 4.87. The minimum Gasteiger partial charge on any atom is -0.460 e. The van der Waals surface area contributed by atoms with E-state index in [4.69, 9.17) is 4.42 Å². The van der Waals surface area contributed by atoms with Gasteiger partial charge in [0.05, 0.1) is 15.7 Å². The van der Waals surface area contributed by atoms with Crippen molar-refractivity contribution in [3.8, 4) is 0 Å². The van der Waals surface area contributed by atoms with Crippen molar-refractivity contribution < 1.29 is 13.0 Å². The van der Waals surface area contributed by atoms with Gasteiger partial charge in [0.15, 0.2) is 0 Å². The third kappa shape index (κ3) is 2.16. The first-order valence-corrected chi connectivity index (χ1v) is 7.38. The second-order valence-corrected chi connectivity index (χ2v) is 6.13. The molecule has 0 fully saturated rings. The molecule has 0 amide bonds. The maximum absolute atomic E-state index is 13.0. The summed E-state index contributed by atoms with van der Waals surface area (Å²) >= 11 is 0. The molecule has 0 aliphatic heterocycles. The predicted molar refractivity (Wildman–Crippen MR) is 76.8 cm³/mol. The Morgan fingerprint density at radius 1 is 1.05 bits per heavy atom. The highest BCUT2D eigenvalue weighted by Crippen LogP contribution is 2.31. The van der Waals surface area contributed by atoms with Crippen molar-refractivity contribution in [1.29, 1.82) is 0 Å².